The highest BCUT2D eigenvalue weighted by molar-refractivity contribution is 6.13. The molecule has 3 aromatic rings. The molecule has 0 amide bonds. The fourth-order valence-electron chi connectivity index (χ4n) is 2.34. The van der Waals surface area contributed by atoms with Gasteiger partial charge in [-0.25, -0.2) is 9.98 Å². The van der Waals surface area contributed by atoms with Crippen molar-refractivity contribution in [3.8, 4) is 0 Å². The van der Waals surface area contributed by atoms with Crippen molar-refractivity contribution in [2.75, 3.05) is 0 Å². The summed E-state index contributed by atoms with van der Waals surface area (Å²) in [5.74, 6) is 0.752. The highest BCUT2D eigenvalue weighted by atomic mass is 14.9. The van der Waals surface area contributed by atoms with Gasteiger partial charge in [0.1, 0.15) is 0 Å². The van der Waals surface area contributed by atoms with Crippen molar-refractivity contribution in [1.82, 2.24) is 4.98 Å². The molecule has 108 valence electrons. The van der Waals surface area contributed by atoms with E-state index in [-0.39, 0.29) is 0 Å². The zero-order valence-corrected chi connectivity index (χ0v) is 12.6. The molecule has 1 heterocycles. The molecule has 0 unspecified atom stereocenters. The van der Waals surface area contributed by atoms with Crippen LogP contribution in [-0.4, -0.2) is 10.7 Å². The van der Waals surface area contributed by atoms with Crippen molar-refractivity contribution in [2.45, 2.75) is 13.3 Å². The molecular formula is C20H18N2. The van der Waals surface area contributed by atoms with Gasteiger partial charge >= 0.3 is 0 Å². The van der Waals surface area contributed by atoms with Gasteiger partial charge in [0.15, 0.2) is 5.82 Å². The lowest BCUT2D eigenvalue weighted by Crippen LogP contribution is -2.02. The molecular weight excluding hydrogens is 268 g/mol. The first kappa shape index (κ1) is 14.2. The Kier molecular flexibility index (Phi) is 4.40. The third-order valence-corrected chi connectivity index (χ3v) is 3.54. The Morgan fingerprint density at radius 3 is 2.00 bits per heavy atom. The summed E-state index contributed by atoms with van der Waals surface area (Å²) in [5, 5.41) is 0. The molecule has 0 atom stereocenters. The topological polar surface area (TPSA) is 25.2 Å². The fraction of sp³-hybridized carbons (Fsp3) is 0.100. The van der Waals surface area contributed by atoms with Crippen LogP contribution < -0.4 is 0 Å². The molecule has 0 N–H and O–H groups in total. The van der Waals surface area contributed by atoms with Crippen molar-refractivity contribution < 1.29 is 0 Å². The Bertz CT molecular complexity index is 720. The van der Waals surface area contributed by atoms with Crippen molar-refractivity contribution >= 4 is 11.5 Å². The van der Waals surface area contributed by atoms with Gasteiger partial charge in [-0.3, -0.25) is 0 Å². The summed E-state index contributed by atoms with van der Waals surface area (Å²) in [6.07, 6.45) is 2.81. The molecule has 2 heteroatoms. The van der Waals surface area contributed by atoms with Crippen LogP contribution in [0.2, 0.25) is 0 Å². The molecule has 0 fully saturated rings. The molecule has 0 aliphatic carbocycles. The van der Waals surface area contributed by atoms with Crippen LogP contribution in [0.3, 0.4) is 0 Å². The van der Waals surface area contributed by atoms with E-state index in [1.807, 2.05) is 54.7 Å². The highest BCUT2D eigenvalue weighted by Crippen LogP contribution is 2.17. The molecule has 0 saturated carbocycles. The molecule has 0 spiro atoms. The summed E-state index contributed by atoms with van der Waals surface area (Å²) in [6, 6.07) is 24.6. The summed E-state index contributed by atoms with van der Waals surface area (Å²) in [5.41, 5.74) is 4.38. The van der Waals surface area contributed by atoms with E-state index in [0.29, 0.717) is 0 Å². The maximum atomic E-state index is 4.81. The summed E-state index contributed by atoms with van der Waals surface area (Å²) >= 11 is 0. The normalized spacial score (nSPS) is 10.2. The zero-order valence-electron chi connectivity index (χ0n) is 12.6. The standard InChI is InChI=1S/C20H18N2/c1-2-16-13-14-21-19(15-16)22-20(17-9-5-3-6-10-17)18-11-7-4-8-12-18/h3-15H,2H2,1H3. The van der Waals surface area contributed by atoms with Crippen LogP contribution in [0.5, 0.6) is 0 Å². The Morgan fingerprint density at radius 2 is 1.45 bits per heavy atom. The first-order valence-electron chi connectivity index (χ1n) is 7.51. The largest absolute Gasteiger partial charge is 0.237 e. The Labute approximate surface area is 131 Å². The average Bonchev–Trinajstić information content (AvgIpc) is 2.61. The quantitative estimate of drug-likeness (QED) is 0.632. The third kappa shape index (κ3) is 3.29. The molecule has 1 aromatic heterocycles. The molecule has 0 bridgehead atoms. The SMILES string of the molecule is CCc1ccnc(N=C(c2ccccc2)c2ccccc2)c1. The zero-order chi connectivity index (χ0) is 15.2. The number of aromatic nitrogens is 1. The van der Waals surface area contributed by atoms with E-state index >= 15 is 0 Å². The molecule has 22 heavy (non-hydrogen) atoms. The fourth-order valence-corrected chi connectivity index (χ4v) is 2.34. The smallest absolute Gasteiger partial charge is 0.152 e. The van der Waals surface area contributed by atoms with Crippen LogP contribution in [0.25, 0.3) is 0 Å². The number of aliphatic imine (C=N–C) groups is 1. The van der Waals surface area contributed by atoms with Gasteiger partial charge in [0.2, 0.25) is 0 Å². The van der Waals surface area contributed by atoms with Gasteiger partial charge in [-0.1, -0.05) is 67.6 Å². The number of pyridine rings is 1. The molecule has 0 saturated heterocycles. The van der Waals surface area contributed by atoms with Crippen LogP contribution >= 0.6 is 0 Å². The molecule has 2 nitrogen and oxygen atoms in total. The van der Waals surface area contributed by atoms with Crippen LogP contribution in [-0.2, 0) is 6.42 Å². The van der Waals surface area contributed by atoms with Gasteiger partial charge in [-0.2, -0.15) is 0 Å². The monoisotopic (exact) mass is 286 g/mol. The van der Waals surface area contributed by atoms with Gasteiger partial charge < -0.3 is 0 Å². The molecule has 0 radical (unpaired) electrons. The van der Waals surface area contributed by atoms with Crippen LogP contribution in [0.1, 0.15) is 23.6 Å². The van der Waals surface area contributed by atoms with E-state index in [0.717, 1.165) is 29.1 Å². The predicted octanol–water partition coefficient (Wildman–Crippen LogP) is 4.81. The van der Waals surface area contributed by atoms with Gasteiger partial charge in [0, 0.05) is 17.3 Å². The van der Waals surface area contributed by atoms with Crippen molar-refractivity contribution in [1.29, 1.82) is 0 Å². The third-order valence-electron chi connectivity index (χ3n) is 3.54. The Balaban J connectivity index is 2.11. The number of benzene rings is 2. The lowest BCUT2D eigenvalue weighted by Gasteiger charge is -2.07. The van der Waals surface area contributed by atoms with E-state index in [1.54, 1.807) is 0 Å². The van der Waals surface area contributed by atoms with Gasteiger partial charge in [0.25, 0.3) is 0 Å². The molecule has 2 aromatic carbocycles. The minimum atomic E-state index is 0.752. The second-order valence-electron chi connectivity index (χ2n) is 5.07. The second kappa shape index (κ2) is 6.81. The van der Waals surface area contributed by atoms with E-state index in [4.69, 9.17) is 4.99 Å². The van der Waals surface area contributed by atoms with E-state index in [9.17, 15) is 0 Å². The van der Waals surface area contributed by atoms with E-state index in [2.05, 4.69) is 36.2 Å². The van der Waals surface area contributed by atoms with Gasteiger partial charge in [-0.05, 0) is 24.1 Å². The van der Waals surface area contributed by atoms with Crippen LogP contribution in [0, 0.1) is 0 Å². The predicted molar refractivity (Wildman–Crippen MR) is 91.8 cm³/mol. The van der Waals surface area contributed by atoms with Gasteiger partial charge in [-0.15, -0.1) is 0 Å². The molecule has 0 aliphatic heterocycles. The molecule has 3 rings (SSSR count). The van der Waals surface area contributed by atoms with Gasteiger partial charge in [0.05, 0.1) is 5.71 Å². The summed E-state index contributed by atoms with van der Waals surface area (Å²) in [6.45, 7) is 2.14. The second-order valence-corrected chi connectivity index (χ2v) is 5.07. The van der Waals surface area contributed by atoms with Crippen LogP contribution in [0.15, 0.2) is 84.0 Å². The maximum absolute atomic E-state index is 4.81. The highest BCUT2D eigenvalue weighted by Gasteiger charge is 2.07. The average molecular weight is 286 g/mol. The first-order valence-corrected chi connectivity index (χ1v) is 7.51. The minimum absolute atomic E-state index is 0.752. The number of aryl methyl sites for hydroxylation is 1. The van der Waals surface area contributed by atoms with Crippen molar-refractivity contribution in [2.24, 2.45) is 4.99 Å². The number of hydrogen-bond donors (Lipinski definition) is 0. The van der Waals surface area contributed by atoms with Crippen molar-refractivity contribution in [3.63, 3.8) is 0 Å². The Morgan fingerprint density at radius 1 is 0.864 bits per heavy atom. The maximum Gasteiger partial charge on any atom is 0.152 e. The summed E-state index contributed by atoms with van der Waals surface area (Å²) in [4.78, 5) is 9.20. The van der Waals surface area contributed by atoms with E-state index < -0.39 is 0 Å². The number of rotatable bonds is 4. The molecule has 0 aliphatic rings. The summed E-state index contributed by atoms with van der Waals surface area (Å²) in [7, 11) is 0. The Hall–Kier alpha value is -2.74. The first-order chi connectivity index (χ1) is 10.9. The van der Waals surface area contributed by atoms with Crippen molar-refractivity contribution in [3.05, 3.63) is 95.7 Å². The van der Waals surface area contributed by atoms with Crippen LogP contribution in [0.4, 0.5) is 5.82 Å². The number of nitrogens with zero attached hydrogens (tertiary/aromatic N) is 2. The lowest BCUT2D eigenvalue weighted by atomic mass is 10.0. The summed E-state index contributed by atoms with van der Waals surface area (Å²) < 4.78 is 0. The minimum Gasteiger partial charge on any atom is -0.237 e. The lowest BCUT2D eigenvalue weighted by molar-refractivity contribution is 1.11. The van der Waals surface area contributed by atoms with E-state index in [1.165, 1.54) is 5.56 Å². The number of hydrogen-bond acceptors (Lipinski definition) is 2.